The molecule has 0 rings (SSSR count). The Hall–Kier alpha value is -3.24. The molecule has 71 heavy (non-hydrogen) atoms. The fourth-order valence-corrected chi connectivity index (χ4v) is 9.13. The Morgan fingerprint density at radius 1 is 0.408 bits per heavy atom. The van der Waals surface area contributed by atoms with Gasteiger partial charge in [0.15, 0.2) is 0 Å². The van der Waals surface area contributed by atoms with Crippen LogP contribution in [-0.2, 0) is 19.2 Å². The van der Waals surface area contributed by atoms with Crippen LogP contribution in [0.2, 0.25) is 0 Å². The first kappa shape index (κ1) is 67.8. The highest BCUT2D eigenvalue weighted by Gasteiger charge is 2.33. The van der Waals surface area contributed by atoms with Crippen LogP contribution in [0.3, 0.4) is 0 Å². The van der Waals surface area contributed by atoms with Crippen molar-refractivity contribution in [1.29, 1.82) is 0 Å². The van der Waals surface area contributed by atoms with Crippen LogP contribution in [0, 0.1) is 11.8 Å². The molecule has 412 valence electrons. The monoisotopic (exact) mass is 995 g/mol. The van der Waals surface area contributed by atoms with Crippen molar-refractivity contribution in [1.82, 2.24) is 30.7 Å². The molecule has 3 N–H and O–H groups in total. The summed E-state index contributed by atoms with van der Waals surface area (Å²) in [6.07, 6.45) is 49.7. The van der Waals surface area contributed by atoms with E-state index in [1.807, 2.05) is 58.6 Å². The lowest BCUT2D eigenvalue weighted by Crippen LogP contribution is -2.53. The van der Waals surface area contributed by atoms with E-state index in [9.17, 15) is 19.2 Å². The molecule has 0 aliphatic heterocycles. The molecule has 0 saturated heterocycles. The third-order valence-electron chi connectivity index (χ3n) is 13.3. The topological polar surface area (TPSA) is 114 Å². The number of nitrogens with zero attached hydrogens (tertiary/aromatic N) is 3. The summed E-state index contributed by atoms with van der Waals surface area (Å²) in [5.41, 5.74) is 0. The van der Waals surface area contributed by atoms with E-state index in [4.69, 9.17) is 0 Å². The summed E-state index contributed by atoms with van der Waals surface area (Å²) in [5.74, 6) is 0.0505. The van der Waals surface area contributed by atoms with Gasteiger partial charge in [0.1, 0.15) is 12.1 Å². The van der Waals surface area contributed by atoms with Crippen LogP contribution in [-0.4, -0.2) is 111 Å². The normalized spacial score (nSPS) is 13.0. The highest BCUT2D eigenvalue weighted by Crippen LogP contribution is 2.19. The number of amides is 4. The third kappa shape index (κ3) is 39.0. The molecule has 0 aromatic rings. The number of rotatable bonds is 49. The largest absolute Gasteiger partial charge is 0.354 e. The van der Waals surface area contributed by atoms with Crippen LogP contribution in [0.15, 0.2) is 48.6 Å². The van der Waals surface area contributed by atoms with Crippen molar-refractivity contribution in [3.63, 3.8) is 0 Å². The van der Waals surface area contributed by atoms with Crippen molar-refractivity contribution in [3.05, 3.63) is 48.6 Å². The minimum atomic E-state index is -0.490. The average molecular weight is 996 g/mol. The average Bonchev–Trinajstić information content (AvgIpc) is 3.33. The van der Waals surface area contributed by atoms with Gasteiger partial charge < -0.3 is 30.7 Å². The summed E-state index contributed by atoms with van der Waals surface area (Å²) < 4.78 is 0. The molecule has 0 aromatic carbocycles. The predicted molar refractivity (Wildman–Crippen MR) is 306 cm³/mol. The lowest BCUT2D eigenvalue weighted by molar-refractivity contribution is -0.142. The van der Waals surface area contributed by atoms with Gasteiger partial charge >= 0.3 is 0 Å². The fraction of sp³-hybridized carbons (Fsp3) is 0.803. The van der Waals surface area contributed by atoms with E-state index in [1.54, 1.807) is 0 Å². The number of carbonyl (C=O) groups excluding carboxylic acids is 4. The van der Waals surface area contributed by atoms with Crippen molar-refractivity contribution in [2.24, 2.45) is 11.8 Å². The quantitative estimate of drug-likeness (QED) is 0.0413. The molecule has 4 amide bonds. The van der Waals surface area contributed by atoms with Crippen molar-refractivity contribution < 1.29 is 19.2 Å². The molecule has 0 radical (unpaired) electrons. The fourth-order valence-electron chi connectivity index (χ4n) is 9.13. The summed E-state index contributed by atoms with van der Waals surface area (Å²) in [7, 11) is 6.01. The first-order chi connectivity index (χ1) is 34.4. The second kappa shape index (κ2) is 49.0. The summed E-state index contributed by atoms with van der Waals surface area (Å²) in [5, 5.41) is 9.53. The summed E-state index contributed by atoms with van der Waals surface area (Å²) in [6.45, 7) is 16.6. The third-order valence-corrected chi connectivity index (χ3v) is 13.3. The zero-order valence-electron chi connectivity index (χ0n) is 47.9. The maximum absolute atomic E-state index is 13.7. The van der Waals surface area contributed by atoms with E-state index >= 15 is 0 Å². The second-order valence-corrected chi connectivity index (χ2v) is 21.1. The number of hydrogen-bond donors (Lipinski definition) is 3. The van der Waals surface area contributed by atoms with E-state index in [2.05, 4.69) is 83.3 Å². The lowest BCUT2D eigenvalue weighted by atomic mass is 9.99. The molecule has 0 fully saturated rings. The minimum Gasteiger partial charge on any atom is -0.354 e. The predicted octanol–water partition coefficient (Wildman–Crippen LogP) is 13.7. The van der Waals surface area contributed by atoms with Crippen LogP contribution < -0.4 is 16.0 Å². The summed E-state index contributed by atoms with van der Waals surface area (Å²) in [6, 6.07) is -0.979. The second-order valence-electron chi connectivity index (χ2n) is 21.1. The maximum Gasteiger partial charge on any atom is 0.243 e. The maximum atomic E-state index is 13.7. The highest BCUT2D eigenvalue weighted by molar-refractivity contribution is 5.88. The number of carbonyl (C=O) groups is 4. The molecular formula is C61H114N6O4. The van der Waals surface area contributed by atoms with E-state index in [1.165, 1.54) is 77.0 Å². The van der Waals surface area contributed by atoms with Crippen molar-refractivity contribution in [2.75, 3.05) is 60.4 Å². The Kier molecular flexibility index (Phi) is 46.8. The molecule has 0 bridgehead atoms. The number of allylic oxidation sites excluding steroid dienone is 8. The Labute approximate surface area is 438 Å². The minimum absolute atomic E-state index is 0.000965. The smallest absolute Gasteiger partial charge is 0.243 e. The van der Waals surface area contributed by atoms with Gasteiger partial charge in [-0.05, 0) is 149 Å². The Morgan fingerprint density at radius 3 is 1.13 bits per heavy atom. The molecule has 0 saturated carbocycles. The zero-order chi connectivity index (χ0) is 52.6. The van der Waals surface area contributed by atoms with Crippen LogP contribution in [0.4, 0.5) is 0 Å². The molecule has 0 spiro atoms. The molecule has 0 aliphatic rings. The molecule has 0 heterocycles. The molecule has 2 unspecified atom stereocenters. The molecule has 0 aliphatic carbocycles. The molecule has 10 heteroatoms. The first-order valence-electron chi connectivity index (χ1n) is 29.5. The lowest BCUT2D eigenvalue weighted by Gasteiger charge is -2.34. The van der Waals surface area contributed by atoms with Gasteiger partial charge in [0.2, 0.25) is 23.6 Å². The SMILES string of the molecule is CCCCC/C=C\C/C=C\CCCCCCCC(=O)N(CCCNC)C(C(=O)NCCCCCCNC(=O)C(C(C)C)N(CCCN(C)C)C(=O)CCCCCCC/C=C\C/C=C\CCCCC)C(C)C. The van der Waals surface area contributed by atoms with E-state index in [0.29, 0.717) is 39.0 Å². The number of hydrogen-bond acceptors (Lipinski definition) is 6. The van der Waals surface area contributed by atoms with Crippen LogP contribution >= 0.6 is 0 Å². The van der Waals surface area contributed by atoms with E-state index in [-0.39, 0.29) is 35.5 Å². The zero-order valence-corrected chi connectivity index (χ0v) is 47.9. The van der Waals surface area contributed by atoms with E-state index in [0.717, 1.165) is 116 Å². The van der Waals surface area contributed by atoms with Crippen LogP contribution in [0.25, 0.3) is 0 Å². The summed E-state index contributed by atoms with van der Waals surface area (Å²) >= 11 is 0. The Morgan fingerprint density at radius 2 is 0.761 bits per heavy atom. The van der Waals surface area contributed by atoms with Gasteiger partial charge in [-0.1, -0.05) is 167 Å². The number of unbranched alkanes of at least 4 members (excludes halogenated alkanes) is 19. The molecular weight excluding hydrogens is 881 g/mol. The highest BCUT2D eigenvalue weighted by atomic mass is 16.2. The van der Waals surface area contributed by atoms with Crippen molar-refractivity contribution in [3.8, 4) is 0 Å². The Bertz CT molecular complexity index is 1410. The molecule has 0 aromatic heterocycles. The van der Waals surface area contributed by atoms with E-state index < -0.39 is 12.1 Å². The van der Waals surface area contributed by atoms with Gasteiger partial charge in [-0.15, -0.1) is 0 Å². The molecule has 2 atom stereocenters. The Balaban J connectivity index is 4.85. The van der Waals surface area contributed by atoms with Crippen molar-refractivity contribution >= 4 is 23.6 Å². The standard InChI is InChI=1S/C61H114N6O4/c1-10-12-14-16-18-20-22-24-26-28-30-32-34-36-40-46-56(68)66(52-44-48-62-7)58(54(3)4)60(70)63-49-42-38-39-43-50-64-61(71)59(55(5)6)67(53-45-51-65(8)9)57(69)47-41-37-35-33-31-29-27-25-23-21-19-17-15-13-11-2/h18-21,24-27,54-55,58-59,62H,10-17,22-23,28-53H2,1-9H3,(H,63,70)(H,64,71)/b20-18-,21-19-,26-24-,27-25-. The molecule has 10 nitrogen and oxygen atoms in total. The summed E-state index contributed by atoms with van der Waals surface area (Å²) in [4.78, 5) is 60.7. The van der Waals surface area contributed by atoms with Gasteiger partial charge in [0.25, 0.3) is 0 Å². The van der Waals surface area contributed by atoms with Gasteiger partial charge in [-0.2, -0.15) is 0 Å². The van der Waals surface area contributed by atoms with Gasteiger partial charge in [0, 0.05) is 39.0 Å². The van der Waals surface area contributed by atoms with Gasteiger partial charge in [0.05, 0.1) is 0 Å². The number of nitrogens with one attached hydrogen (secondary N) is 3. The first-order valence-corrected chi connectivity index (χ1v) is 29.5. The van der Waals surface area contributed by atoms with Gasteiger partial charge in [-0.3, -0.25) is 19.2 Å². The van der Waals surface area contributed by atoms with Crippen molar-refractivity contribution in [2.45, 2.75) is 246 Å². The van der Waals surface area contributed by atoms with Gasteiger partial charge in [-0.25, -0.2) is 0 Å². The van der Waals surface area contributed by atoms with Crippen LogP contribution in [0.5, 0.6) is 0 Å². The van der Waals surface area contributed by atoms with Crippen LogP contribution in [0.1, 0.15) is 234 Å².